The number of hydrogen-bond acceptors (Lipinski definition) is 2. The lowest BCUT2D eigenvalue weighted by molar-refractivity contribution is 0.0242. The lowest BCUT2D eigenvalue weighted by atomic mass is 9.77. The van der Waals surface area contributed by atoms with Crippen molar-refractivity contribution in [3.63, 3.8) is 0 Å². The fourth-order valence-corrected chi connectivity index (χ4v) is 3.45. The number of hydrogen-bond donors (Lipinski definition) is 1. The maximum Gasteiger partial charge on any atom is 0.0580 e. The average molecular weight is 269 g/mol. The van der Waals surface area contributed by atoms with Crippen molar-refractivity contribution in [3.05, 3.63) is 0 Å². The molecule has 0 amide bonds. The van der Waals surface area contributed by atoms with E-state index in [-0.39, 0.29) is 6.10 Å². The summed E-state index contributed by atoms with van der Waals surface area (Å²) in [6.45, 7) is 12.5. The van der Waals surface area contributed by atoms with Crippen LogP contribution in [0.1, 0.15) is 66.2 Å². The van der Waals surface area contributed by atoms with Crippen molar-refractivity contribution in [2.75, 3.05) is 19.6 Å². The average Bonchev–Trinajstić information content (AvgIpc) is 2.41. The van der Waals surface area contributed by atoms with Crippen molar-refractivity contribution in [1.29, 1.82) is 0 Å². The number of aliphatic hydroxyl groups is 1. The van der Waals surface area contributed by atoms with Gasteiger partial charge in [-0.1, -0.05) is 47.0 Å². The molecule has 114 valence electrons. The van der Waals surface area contributed by atoms with Crippen LogP contribution in [0, 0.1) is 17.8 Å². The molecule has 0 spiro atoms. The maximum atomic E-state index is 10.3. The summed E-state index contributed by atoms with van der Waals surface area (Å²) in [5, 5.41) is 10.3. The molecule has 0 radical (unpaired) electrons. The van der Waals surface area contributed by atoms with Gasteiger partial charge in [0, 0.05) is 13.1 Å². The first-order chi connectivity index (χ1) is 9.10. The molecular formula is C17H35NO. The molecule has 0 bridgehead atoms. The molecule has 2 nitrogen and oxygen atoms in total. The largest absolute Gasteiger partial charge is 0.393 e. The first kappa shape index (κ1) is 17.0. The van der Waals surface area contributed by atoms with E-state index >= 15 is 0 Å². The highest BCUT2D eigenvalue weighted by Crippen LogP contribution is 2.32. The van der Waals surface area contributed by atoms with Crippen LogP contribution in [0.15, 0.2) is 0 Å². The summed E-state index contributed by atoms with van der Waals surface area (Å²) in [7, 11) is 0. The molecule has 1 N–H and O–H groups in total. The highest BCUT2D eigenvalue weighted by molar-refractivity contribution is 4.82. The lowest BCUT2D eigenvalue weighted by Crippen LogP contribution is -2.40. The molecule has 1 aliphatic rings. The van der Waals surface area contributed by atoms with Gasteiger partial charge in [0.2, 0.25) is 0 Å². The topological polar surface area (TPSA) is 23.5 Å². The van der Waals surface area contributed by atoms with Gasteiger partial charge in [-0.2, -0.15) is 0 Å². The van der Waals surface area contributed by atoms with E-state index in [1.54, 1.807) is 0 Å². The van der Waals surface area contributed by atoms with Crippen molar-refractivity contribution in [3.8, 4) is 0 Å². The Labute approximate surface area is 120 Å². The van der Waals surface area contributed by atoms with E-state index in [0.717, 1.165) is 31.3 Å². The predicted octanol–water partition coefficient (Wildman–Crippen LogP) is 3.93. The van der Waals surface area contributed by atoms with Gasteiger partial charge in [-0.15, -0.1) is 0 Å². The lowest BCUT2D eigenvalue weighted by Gasteiger charge is -2.37. The molecule has 1 aliphatic carbocycles. The third-order valence-electron chi connectivity index (χ3n) is 4.95. The molecular weight excluding hydrogens is 234 g/mol. The molecule has 4 atom stereocenters. The van der Waals surface area contributed by atoms with E-state index < -0.39 is 0 Å². The maximum absolute atomic E-state index is 10.3. The Bertz CT molecular complexity index is 231. The second-order valence-corrected chi connectivity index (χ2v) is 6.66. The van der Waals surface area contributed by atoms with E-state index in [0.29, 0.717) is 5.92 Å². The molecule has 0 heterocycles. The van der Waals surface area contributed by atoms with Crippen LogP contribution in [0.5, 0.6) is 0 Å². The highest BCUT2D eigenvalue weighted by Gasteiger charge is 2.29. The monoisotopic (exact) mass is 269 g/mol. The second kappa shape index (κ2) is 8.97. The quantitative estimate of drug-likeness (QED) is 0.721. The van der Waals surface area contributed by atoms with Gasteiger partial charge in [0.05, 0.1) is 6.10 Å². The molecule has 0 aliphatic heterocycles. The van der Waals surface area contributed by atoms with Crippen LogP contribution >= 0.6 is 0 Å². The third kappa shape index (κ3) is 5.83. The van der Waals surface area contributed by atoms with Crippen molar-refractivity contribution in [1.82, 2.24) is 4.90 Å². The molecule has 1 rings (SSSR count). The first-order valence-corrected chi connectivity index (χ1v) is 8.50. The van der Waals surface area contributed by atoms with Gasteiger partial charge in [-0.25, -0.2) is 0 Å². The second-order valence-electron chi connectivity index (χ2n) is 6.66. The van der Waals surface area contributed by atoms with Crippen molar-refractivity contribution in [2.45, 2.75) is 72.3 Å². The molecule has 2 heteroatoms. The van der Waals surface area contributed by atoms with E-state index in [2.05, 4.69) is 32.6 Å². The standard InChI is InChI=1S/C17H35NO/c1-5-8-15-9-10-17(19)16(11-15)13-18(7-3)12-14(4)6-2/h14-17,19H,5-13H2,1-4H3. The summed E-state index contributed by atoms with van der Waals surface area (Å²) in [5.41, 5.74) is 0. The fraction of sp³-hybridized carbons (Fsp3) is 1.00. The normalized spacial score (nSPS) is 29.7. The van der Waals surface area contributed by atoms with Crippen molar-refractivity contribution < 1.29 is 5.11 Å². The Hall–Kier alpha value is -0.0800. The molecule has 1 saturated carbocycles. The zero-order valence-electron chi connectivity index (χ0n) is 13.6. The summed E-state index contributed by atoms with van der Waals surface area (Å²) in [6.07, 6.45) is 7.34. The van der Waals surface area contributed by atoms with Crippen LogP contribution < -0.4 is 0 Å². The third-order valence-corrected chi connectivity index (χ3v) is 4.95. The van der Waals surface area contributed by atoms with Gasteiger partial charge in [0.15, 0.2) is 0 Å². The van der Waals surface area contributed by atoms with E-state index in [1.807, 2.05) is 0 Å². The van der Waals surface area contributed by atoms with Crippen LogP contribution in [0.2, 0.25) is 0 Å². The number of aliphatic hydroxyl groups excluding tert-OH is 1. The number of rotatable bonds is 8. The minimum Gasteiger partial charge on any atom is -0.393 e. The Kier molecular flexibility index (Phi) is 8.01. The van der Waals surface area contributed by atoms with E-state index in [4.69, 9.17) is 0 Å². The van der Waals surface area contributed by atoms with Gasteiger partial charge in [0.1, 0.15) is 0 Å². The summed E-state index contributed by atoms with van der Waals surface area (Å²) in [5.74, 6) is 2.14. The summed E-state index contributed by atoms with van der Waals surface area (Å²) in [4.78, 5) is 2.55. The first-order valence-electron chi connectivity index (χ1n) is 8.50. The van der Waals surface area contributed by atoms with Gasteiger partial charge < -0.3 is 10.0 Å². The Morgan fingerprint density at radius 2 is 1.95 bits per heavy atom. The summed E-state index contributed by atoms with van der Waals surface area (Å²) >= 11 is 0. The Morgan fingerprint density at radius 1 is 1.21 bits per heavy atom. The zero-order valence-corrected chi connectivity index (χ0v) is 13.6. The van der Waals surface area contributed by atoms with Gasteiger partial charge in [-0.3, -0.25) is 0 Å². The van der Waals surface area contributed by atoms with Crippen molar-refractivity contribution in [2.24, 2.45) is 17.8 Å². The van der Waals surface area contributed by atoms with Gasteiger partial charge in [0.25, 0.3) is 0 Å². The minimum absolute atomic E-state index is 0.0564. The Morgan fingerprint density at radius 3 is 2.53 bits per heavy atom. The van der Waals surface area contributed by atoms with Crippen LogP contribution in [0.25, 0.3) is 0 Å². The minimum atomic E-state index is -0.0564. The van der Waals surface area contributed by atoms with Crippen LogP contribution in [0.4, 0.5) is 0 Å². The number of nitrogens with zero attached hydrogens (tertiary/aromatic N) is 1. The van der Waals surface area contributed by atoms with Crippen molar-refractivity contribution >= 4 is 0 Å². The smallest absolute Gasteiger partial charge is 0.0580 e. The zero-order chi connectivity index (χ0) is 14.3. The molecule has 0 aromatic rings. The summed E-state index contributed by atoms with van der Waals surface area (Å²) < 4.78 is 0. The molecule has 0 saturated heterocycles. The van der Waals surface area contributed by atoms with Crippen LogP contribution in [-0.4, -0.2) is 35.7 Å². The van der Waals surface area contributed by atoms with Gasteiger partial charge >= 0.3 is 0 Å². The van der Waals surface area contributed by atoms with E-state index in [1.165, 1.54) is 38.6 Å². The Balaban J connectivity index is 2.46. The van der Waals surface area contributed by atoms with Gasteiger partial charge in [-0.05, 0) is 43.6 Å². The summed E-state index contributed by atoms with van der Waals surface area (Å²) in [6, 6.07) is 0. The SMILES string of the molecule is CCCC1CCC(O)C(CN(CC)CC(C)CC)C1. The highest BCUT2D eigenvalue weighted by atomic mass is 16.3. The molecule has 0 aromatic heterocycles. The molecule has 0 aromatic carbocycles. The predicted molar refractivity (Wildman–Crippen MR) is 83.3 cm³/mol. The fourth-order valence-electron chi connectivity index (χ4n) is 3.45. The van der Waals surface area contributed by atoms with Crippen LogP contribution in [-0.2, 0) is 0 Å². The molecule has 19 heavy (non-hydrogen) atoms. The molecule has 1 fully saturated rings. The molecule has 4 unspecified atom stereocenters. The van der Waals surface area contributed by atoms with Crippen LogP contribution in [0.3, 0.4) is 0 Å². The van der Waals surface area contributed by atoms with E-state index in [9.17, 15) is 5.11 Å².